The molecule has 4 atom stereocenters. The molecule has 0 unspecified atom stereocenters. The van der Waals surface area contributed by atoms with Crippen LogP contribution >= 0.6 is 0 Å². The second-order valence-corrected chi connectivity index (χ2v) is 14.0. The molecule has 0 aliphatic carbocycles. The van der Waals surface area contributed by atoms with E-state index in [1.54, 1.807) is 4.90 Å². The van der Waals surface area contributed by atoms with Crippen molar-refractivity contribution in [2.45, 2.75) is 95.4 Å². The number of hydrogen-bond acceptors (Lipinski definition) is 9. The van der Waals surface area contributed by atoms with Gasteiger partial charge in [0.25, 0.3) is 0 Å². The predicted octanol–water partition coefficient (Wildman–Crippen LogP) is 1.27. The van der Waals surface area contributed by atoms with Crippen molar-refractivity contribution in [2.75, 3.05) is 26.7 Å². The van der Waals surface area contributed by atoms with Crippen LogP contribution in [0.2, 0.25) is 0 Å². The zero-order valence-electron chi connectivity index (χ0n) is 31.6. The van der Waals surface area contributed by atoms with Crippen molar-refractivity contribution >= 4 is 35.5 Å². The minimum Gasteiger partial charge on any atom is -0.466 e. The maximum Gasteiger partial charge on any atom is 0.330 e. The highest BCUT2D eigenvalue weighted by Crippen LogP contribution is 2.14. The van der Waals surface area contributed by atoms with Crippen LogP contribution < -0.4 is 32.7 Å². The first-order valence-electron chi connectivity index (χ1n) is 18.7. The van der Waals surface area contributed by atoms with Crippen molar-refractivity contribution in [1.29, 1.82) is 0 Å². The lowest BCUT2D eigenvalue weighted by Gasteiger charge is -2.33. The van der Waals surface area contributed by atoms with E-state index in [1.807, 2.05) is 74.5 Å². The summed E-state index contributed by atoms with van der Waals surface area (Å²) in [4.78, 5) is 80.1. The summed E-state index contributed by atoms with van der Waals surface area (Å²) >= 11 is 0. The van der Waals surface area contributed by atoms with E-state index in [4.69, 9.17) is 11.5 Å². The molecule has 0 spiro atoms. The lowest BCUT2D eigenvalue weighted by molar-refractivity contribution is -0.135. The molecule has 1 fully saturated rings. The Balaban J connectivity index is 1.70. The summed E-state index contributed by atoms with van der Waals surface area (Å²) in [6.45, 7) is 5.02. The maximum atomic E-state index is 13.9. The van der Waals surface area contributed by atoms with Gasteiger partial charge < -0.3 is 42.4 Å². The minimum absolute atomic E-state index is 0.00221. The molecule has 2 aromatic carbocycles. The molecular formula is C40H57N7O7. The normalized spacial score (nSPS) is 15.5. The molecule has 1 saturated heterocycles. The van der Waals surface area contributed by atoms with Gasteiger partial charge in [-0.25, -0.2) is 4.79 Å². The minimum atomic E-state index is -1.03. The summed E-state index contributed by atoms with van der Waals surface area (Å²) in [5.74, 6) is -2.88. The topological polar surface area (TPSA) is 215 Å². The Morgan fingerprint density at radius 3 is 1.89 bits per heavy atom. The average Bonchev–Trinajstić information content (AvgIpc) is 3.16. The van der Waals surface area contributed by atoms with E-state index in [0.29, 0.717) is 51.7 Å². The van der Waals surface area contributed by atoms with Crippen LogP contribution in [0.25, 0.3) is 0 Å². The number of likely N-dealkylation sites (tertiary alicyclic amines) is 1. The Morgan fingerprint density at radius 1 is 0.759 bits per heavy atom. The van der Waals surface area contributed by atoms with Gasteiger partial charge >= 0.3 is 5.97 Å². The Morgan fingerprint density at radius 2 is 1.31 bits per heavy atom. The number of piperidine rings is 1. The number of nitrogens with zero attached hydrogens (tertiary/aromatic N) is 1. The van der Waals surface area contributed by atoms with Crippen molar-refractivity contribution < 1.29 is 33.5 Å². The van der Waals surface area contributed by atoms with Crippen molar-refractivity contribution in [3.63, 3.8) is 0 Å². The fourth-order valence-electron chi connectivity index (χ4n) is 6.17. The van der Waals surface area contributed by atoms with Crippen LogP contribution in [0.5, 0.6) is 0 Å². The maximum absolute atomic E-state index is 13.9. The van der Waals surface area contributed by atoms with Crippen LogP contribution in [0.3, 0.4) is 0 Å². The van der Waals surface area contributed by atoms with Crippen LogP contribution in [0.1, 0.15) is 63.5 Å². The molecule has 0 radical (unpaired) electrons. The molecule has 1 aliphatic rings. The number of carbonyl (C=O) groups excluding carboxylic acids is 6. The van der Waals surface area contributed by atoms with Gasteiger partial charge in [-0.15, -0.1) is 0 Å². The van der Waals surface area contributed by atoms with E-state index >= 15 is 0 Å². The quantitative estimate of drug-likeness (QED) is 0.0653. The van der Waals surface area contributed by atoms with E-state index in [1.165, 1.54) is 13.2 Å². The van der Waals surface area contributed by atoms with E-state index in [2.05, 4.69) is 26.0 Å². The highest BCUT2D eigenvalue weighted by atomic mass is 16.5. The first kappa shape index (κ1) is 43.3. The van der Waals surface area contributed by atoms with Crippen molar-refractivity contribution in [3.8, 4) is 0 Å². The molecular weight excluding hydrogens is 690 g/mol. The third kappa shape index (κ3) is 15.1. The molecule has 14 nitrogen and oxygen atoms in total. The van der Waals surface area contributed by atoms with E-state index in [0.717, 1.165) is 17.2 Å². The number of esters is 1. The highest BCUT2D eigenvalue weighted by Gasteiger charge is 2.32. The molecule has 54 heavy (non-hydrogen) atoms. The monoisotopic (exact) mass is 747 g/mol. The molecule has 1 aliphatic heterocycles. The molecule has 5 amide bonds. The second kappa shape index (κ2) is 22.9. The van der Waals surface area contributed by atoms with Crippen LogP contribution in [-0.2, 0) is 46.3 Å². The summed E-state index contributed by atoms with van der Waals surface area (Å²) in [6.07, 6.45) is 5.52. The number of amides is 5. The van der Waals surface area contributed by atoms with Crippen LogP contribution in [0.15, 0.2) is 72.8 Å². The van der Waals surface area contributed by atoms with Gasteiger partial charge in [-0.2, -0.15) is 0 Å². The zero-order chi connectivity index (χ0) is 39.5. The second-order valence-electron chi connectivity index (χ2n) is 14.0. The fraction of sp³-hybridized carbons (Fsp3) is 0.500. The van der Waals surface area contributed by atoms with Gasteiger partial charge in [-0.05, 0) is 68.5 Å². The molecule has 0 bridgehead atoms. The number of hydrogen-bond donors (Lipinski definition) is 6. The van der Waals surface area contributed by atoms with Gasteiger partial charge in [0.05, 0.1) is 13.2 Å². The molecule has 8 N–H and O–H groups in total. The van der Waals surface area contributed by atoms with Crippen LogP contribution in [0.4, 0.5) is 0 Å². The lowest BCUT2D eigenvalue weighted by atomic mass is 9.99. The molecule has 3 rings (SSSR count). The molecule has 14 heteroatoms. The Bertz CT molecular complexity index is 1550. The summed E-state index contributed by atoms with van der Waals surface area (Å²) in [5.41, 5.74) is 13.7. The van der Waals surface area contributed by atoms with Crippen molar-refractivity contribution in [3.05, 3.63) is 83.9 Å². The molecule has 0 aromatic heterocycles. The van der Waals surface area contributed by atoms with Gasteiger partial charge in [0.15, 0.2) is 0 Å². The Labute approximate surface area is 318 Å². The highest BCUT2D eigenvalue weighted by molar-refractivity contribution is 5.96. The molecule has 1 heterocycles. The third-order valence-corrected chi connectivity index (χ3v) is 9.19. The summed E-state index contributed by atoms with van der Waals surface area (Å²) in [5, 5.41) is 11.6. The number of methoxy groups -OCH3 is 1. The lowest BCUT2D eigenvalue weighted by Crippen LogP contribution is -2.59. The number of ether oxygens (including phenoxy) is 1. The fourth-order valence-corrected chi connectivity index (χ4v) is 6.17. The van der Waals surface area contributed by atoms with Gasteiger partial charge in [-0.1, -0.05) is 74.5 Å². The van der Waals surface area contributed by atoms with Gasteiger partial charge in [0.2, 0.25) is 29.5 Å². The molecule has 294 valence electrons. The van der Waals surface area contributed by atoms with E-state index < -0.39 is 47.9 Å². The van der Waals surface area contributed by atoms with Gasteiger partial charge in [-0.3, -0.25) is 24.0 Å². The van der Waals surface area contributed by atoms with Gasteiger partial charge in [0.1, 0.15) is 18.1 Å². The Kier molecular flexibility index (Phi) is 18.3. The predicted molar refractivity (Wildman–Crippen MR) is 205 cm³/mol. The summed E-state index contributed by atoms with van der Waals surface area (Å²) in [7, 11) is 1.23. The average molecular weight is 748 g/mol. The number of rotatable bonds is 20. The molecule has 0 saturated carbocycles. The number of benzene rings is 2. The summed E-state index contributed by atoms with van der Waals surface area (Å²) in [6, 6.07) is 14.5. The number of nitrogens with one attached hydrogen (secondary N) is 4. The number of nitrogens with two attached hydrogens (primary N) is 2. The molecule has 2 aromatic rings. The number of carbonyl (C=O) groups is 6. The first-order valence-corrected chi connectivity index (χ1v) is 18.7. The van der Waals surface area contributed by atoms with Crippen molar-refractivity contribution in [1.82, 2.24) is 26.2 Å². The zero-order valence-corrected chi connectivity index (χ0v) is 31.6. The SMILES string of the molecule is COC(=O)/C=C/C(=O)N1CCC(NC(=O)[C@@H](CCCCN)NC(=O)[C@@H](CC(C)C)NC(=O)[C@@H](Cc2ccccc2)NC(=O)[C@H](N)Cc2ccccc2)CC1. The van der Waals surface area contributed by atoms with E-state index in [9.17, 15) is 28.8 Å². The Hall–Kier alpha value is -5.08. The standard InChI is InChI=1S/C40H57N7O7/c1-27(2)24-33(46-40(53)34(26-29-14-8-5-9-15-29)45-37(50)31(42)25-28-12-6-4-7-13-28)39(52)44-32(16-10-11-21-41)38(51)43-30-19-22-47(23-20-30)35(48)17-18-36(49)54-3/h4-9,12-15,17-18,27,30-34H,10-11,16,19-26,41-42H2,1-3H3,(H,43,51)(H,44,52)(H,45,50)(H,46,53)/b18-17+/t31-,32-,33-,34-/m1/s1. The number of unbranched alkanes of at least 4 members (excludes halogenated alkanes) is 1. The third-order valence-electron chi connectivity index (χ3n) is 9.19. The largest absolute Gasteiger partial charge is 0.466 e. The van der Waals surface area contributed by atoms with Crippen LogP contribution in [0, 0.1) is 5.92 Å². The van der Waals surface area contributed by atoms with Crippen molar-refractivity contribution in [2.24, 2.45) is 17.4 Å². The van der Waals surface area contributed by atoms with E-state index in [-0.39, 0.29) is 43.0 Å². The summed E-state index contributed by atoms with van der Waals surface area (Å²) < 4.78 is 4.54. The smallest absolute Gasteiger partial charge is 0.330 e. The van der Waals surface area contributed by atoms with Crippen LogP contribution in [-0.4, -0.2) is 97.4 Å². The first-order chi connectivity index (χ1) is 25.9. The van der Waals surface area contributed by atoms with Gasteiger partial charge in [0, 0.05) is 37.7 Å².